The predicted molar refractivity (Wildman–Crippen MR) is 67.2 cm³/mol. The summed E-state index contributed by atoms with van der Waals surface area (Å²) in [5.74, 6) is 0.844. The summed E-state index contributed by atoms with van der Waals surface area (Å²) in [5.41, 5.74) is 7.72. The third-order valence-electron chi connectivity index (χ3n) is 2.50. The molecule has 2 rings (SSSR count). The van der Waals surface area contributed by atoms with Crippen LogP contribution < -0.4 is 5.73 Å². The van der Waals surface area contributed by atoms with E-state index in [1.807, 2.05) is 25.1 Å². The second-order valence-corrected chi connectivity index (χ2v) is 4.11. The van der Waals surface area contributed by atoms with E-state index >= 15 is 0 Å². The van der Waals surface area contributed by atoms with E-state index in [1.165, 1.54) is 0 Å². The van der Waals surface area contributed by atoms with Crippen LogP contribution in [-0.4, -0.2) is 21.0 Å². The van der Waals surface area contributed by atoms with Gasteiger partial charge >= 0.3 is 0 Å². The standard InChI is InChI=1S/C13H16N4/c1-10(14)2-3-13-16-9-6-12(17-13)11-4-7-15-8-5-11/h4-10H,2-3,14H2,1H3. The number of pyridine rings is 1. The summed E-state index contributed by atoms with van der Waals surface area (Å²) < 4.78 is 0. The van der Waals surface area contributed by atoms with Crippen LogP contribution in [0.3, 0.4) is 0 Å². The minimum absolute atomic E-state index is 0.184. The zero-order chi connectivity index (χ0) is 12.1. The van der Waals surface area contributed by atoms with Crippen molar-refractivity contribution >= 4 is 0 Å². The van der Waals surface area contributed by atoms with E-state index in [1.54, 1.807) is 18.6 Å². The Morgan fingerprint density at radius 1 is 1.18 bits per heavy atom. The quantitative estimate of drug-likeness (QED) is 0.866. The van der Waals surface area contributed by atoms with Gasteiger partial charge in [0.15, 0.2) is 0 Å². The minimum Gasteiger partial charge on any atom is -0.328 e. The van der Waals surface area contributed by atoms with Gasteiger partial charge in [0.2, 0.25) is 0 Å². The molecule has 0 aliphatic rings. The lowest BCUT2D eigenvalue weighted by Crippen LogP contribution is -2.16. The van der Waals surface area contributed by atoms with Gasteiger partial charge in [-0.25, -0.2) is 9.97 Å². The molecule has 0 saturated carbocycles. The van der Waals surface area contributed by atoms with Crippen LogP contribution in [-0.2, 0) is 6.42 Å². The molecule has 1 unspecified atom stereocenters. The number of nitrogens with zero attached hydrogens (tertiary/aromatic N) is 3. The van der Waals surface area contributed by atoms with E-state index in [4.69, 9.17) is 5.73 Å². The highest BCUT2D eigenvalue weighted by molar-refractivity contribution is 5.57. The Bertz CT molecular complexity index is 468. The molecule has 17 heavy (non-hydrogen) atoms. The summed E-state index contributed by atoms with van der Waals surface area (Å²) in [4.78, 5) is 12.8. The smallest absolute Gasteiger partial charge is 0.129 e. The van der Waals surface area contributed by atoms with Gasteiger partial charge in [-0.1, -0.05) is 0 Å². The monoisotopic (exact) mass is 228 g/mol. The third kappa shape index (κ3) is 3.32. The van der Waals surface area contributed by atoms with E-state index in [2.05, 4.69) is 15.0 Å². The first-order valence-electron chi connectivity index (χ1n) is 5.73. The molecule has 0 amide bonds. The van der Waals surface area contributed by atoms with Crippen LogP contribution in [0.4, 0.5) is 0 Å². The lowest BCUT2D eigenvalue weighted by atomic mass is 10.1. The van der Waals surface area contributed by atoms with Gasteiger partial charge in [-0.15, -0.1) is 0 Å². The Morgan fingerprint density at radius 3 is 2.65 bits per heavy atom. The molecule has 2 aromatic heterocycles. The van der Waals surface area contributed by atoms with Crippen molar-refractivity contribution in [2.24, 2.45) is 5.73 Å². The SMILES string of the molecule is CC(N)CCc1nccc(-c2ccncc2)n1. The van der Waals surface area contributed by atoms with Gasteiger partial charge in [0, 0.05) is 36.6 Å². The third-order valence-corrected chi connectivity index (χ3v) is 2.50. The summed E-state index contributed by atoms with van der Waals surface area (Å²) >= 11 is 0. The molecule has 4 nitrogen and oxygen atoms in total. The molecule has 0 bridgehead atoms. The molecule has 2 N–H and O–H groups in total. The van der Waals surface area contributed by atoms with Gasteiger partial charge < -0.3 is 5.73 Å². The van der Waals surface area contributed by atoms with Crippen LogP contribution in [0.5, 0.6) is 0 Å². The molecule has 0 aromatic carbocycles. The number of hydrogen-bond donors (Lipinski definition) is 1. The number of aromatic nitrogens is 3. The zero-order valence-corrected chi connectivity index (χ0v) is 9.87. The molecule has 2 aromatic rings. The molecule has 2 heterocycles. The molecule has 0 spiro atoms. The van der Waals surface area contributed by atoms with Crippen LogP contribution in [0.25, 0.3) is 11.3 Å². The highest BCUT2D eigenvalue weighted by Crippen LogP contribution is 2.15. The van der Waals surface area contributed by atoms with Crippen molar-refractivity contribution in [3.8, 4) is 11.3 Å². The fraction of sp³-hybridized carbons (Fsp3) is 0.308. The summed E-state index contributed by atoms with van der Waals surface area (Å²) in [6, 6.07) is 5.98. The Labute approximate surface area is 101 Å². The molecule has 0 aliphatic carbocycles. The molecule has 0 radical (unpaired) electrons. The van der Waals surface area contributed by atoms with Gasteiger partial charge in [-0.3, -0.25) is 4.98 Å². The van der Waals surface area contributed by atoms with E-state index in [0.717, 1.165) is 29.9 Å². The Kier molecular flexibility index (Phi) is 3.77. The Balaban J connectivity index is 2.17. The van der Waals surface area contributed by atoms with Gasteiger partial charge in [0.1, 0.15) is 5.82 Å². The summed E-state index contributed by atoms with van der Waals surface area (Å²) in [7, 11) is 0. The van der Waals surface area contributed by atoms with Crippen LogP contribution in [0, 0.1) is 0 Å². The number of hydrogen-bond acceptors (Lipinski definition) is 4. The average molecular weight is 228 g/mol. The highest BCUT2D eigenvalue weighted by atomic mass is 14.9. The lowest BCUT2D eigenvalue weighted by Gasteiger charge is -2.05. The van der Waals surface area contributed by atoms with Crippen molar-refractivity contribution in [3.05, 3.63) is 42.6 Å². The zero-order valence-electron chi connectivity index (χ0n) is 9.87. The lowest BCUT2D eigenvalue weighted by molar-refractivity contribution is 0.648. The molecule has 0 saturated heterocycles. The van der Waals surface area contributed by atoms with Crippen LogP contribution in [0.15, 0.2) is 36.8 Å². The maximum atomic E-state index is 5.73. The van der Waals surface area contributed by atoms with Crippen molar-refractivity contribution in [1.82, 2.24) is 15.0 Å². The molecule has 1 atom stereocenters. The van der Waals surface area contributed by atoms with Gasteiger partial charge in [0.05, 0.1) is 5.69 Å². The van der Waals surface area contributed by atoms with Crippen molar-refractivity contribution in [1.29, 1.82) is 0 Å². The number of aryl methyl sites for hydroxylation is 1. The van der Waals surface area contributed by atoms with Crippen LogP contribution >= 0.6 is 0 Å². The fourth-order valence-electron chi connectivity index (χ4n) is 1.56. The normalized spacial score (nSPS) is 12.4. The first-order chi connectivity index (χ1) is 8.25. The maximum Gasteiger partial charge on any atom is 0.129 e. The molecule has 4 heteroatoms. The average Bonchev–Trinajstić information content (AvgIpc) is 2.38. The van der Waals surface area contributed by atoms with Gasteiger partial charge in [-0.05, 0) is 31.5 Å². The second kappa shape index (κ2) is 5.50. The van der Waals surface area contributed by atoms with Crippen LogP contribution in [0.1, 0.15) is 19.2 Å². The Morgan fingerprint density at radius 2 is 1.94 bits per heavy atom. The Hall–Kier alpha value is -1.81. The molecule has 0 aliphatic heterocycles. The van der Waals surface area contributed by atoms with Crippen molar-refractivity contribution < 1.29 is 0 Å². The number of rotatable bonds is 4. The highest BCUT2D eigenvalue weighted by Gasteiger charge is 2.03. The van der Waals surface area contributed by atoms with Gasteiger partial charge in [-0.2, -0.15) is 0 Å². The first kappa shape index (κ1) is 11.7. The summed E-state index contributed by atoms with van der Waals surface area (Å²) in [6.45, 7) is 1.99. The summed E-state index contributed by atoms with van der Waals surface area (Å²) in [6.07, 6.45) is 7.04. The fourth-order valence-corrected chi connectivity index (χ4v) is 1.56. The van der Waals surface area contributed by atoms with E-state index in [9.17, 15) is 0 Å². The predicted octanol–water partition coefficient (Wildman–Crippen LogP) is 1.82. The van der Waals surface area contributed by atoms with E-state index in [0.29, 0.717) is 0 Å². The molecular weight excluding hydrogens is 212 g/mol. The largest absolute Gasteiger partial charge is 0.328 e. The van der Waals surface area contributed by atoms with Crippen molar-refractivity contribution in [2.45, 2.75) is 25.8 Å². The first-order valence-corrected chi connectivity index (χ1v) is 5.73. The minimum atomic E-state index is 0.184. The maximum absolute atomic E-state index is 5.73. The number of nitrogens with two attached hydrogens (primary N) is 1. The molecular formula is C13H16N4. The van der Waals surface area contributed by atoms with Crippen molar-refractivity contribution in [3.63, 3.8) is 0 Å². The second-order valence-electron chi connectivity index (χ2n) is 4.11. The summed E-state index contributed by atoms with van der Waals surface area (Å²) in [5, 5.41) is 0. The van der Waals surface area contributed by atoms with E-state index in [-0.39, 0.29) is 6.04 Å². The van der Waals surface area contributed by atoms with Gasteiger partial charge in [0.25, 0.3) is 0 Å². The van der Waals surface area contributed by atoms with Crippen molar-refractivity contribution in [2.75, 3.05) is 0 Å². The molecule has 0 fully saturated rings. The van der Waals surface area contributed by atoms with E-state index < -0.39 is 0 Å². The topological polar surface area (TPSA) is 64.7 Å². The molecule has 88 valence electrons. The van der Waals surface area contributed by atoms with Crippen LogP contribution in [0.2, 0.25) is 0 Å².